The van der Waals surface area contributed by atoms with Crippen molar-refractivity contribution < 1.29 is 4.29 Å². The van der Waals surface area contributed by atoms with Crippen molar-refractivity contribution >= 4 is 28.6 Å². The van der Waals surface area contributed by atoms with Gasteiger partial charge >= 0.3 is 0 Å². The van der Waals surface area contributed by atoms with E-state index < -0.39 is 0 Å². The Morgan fingerprint density at radius 1 is 1.22 bits per heavy atom. The third-order valence-corrected chi connectivity index (χ3v) is 3.43. The van der Waals surface area contributed by atoms with Gasteiger partial charge in [0.15, 0.2) is 0 Å². The Kier molecular flexibility index (Phi) is 2.96. The minimum atomic E-state index is 0.606. The molecule has 0 radical (unpaired) electrons. The summed E-state index contributed by atoms with van der Waals surface area (Å²) in [6.45, 7) is 4.05. The van der Waals surface area contributed by atoms with Gasteiger partial charge in [-0.3, -0.25) is 0 Å². The maximum Gasteiger partial charge on any atom is 0.148 e. The molecule has 0 amide bonds. The molecule has 0 unspecified atom stereocenters. The first kappa shape index (κ1) is 11.5. The lowest BCUT2D eigenvalue weighted by Gasteiger charge is -2.18. The van der Waals surface area contributed by atoms with Crippen LogP contribution in [0, 0.1) is 6.92 Å². The predicted molar refractivity (Wildman–Crippen MR) is 72.2 cm³/mol. The lowest BCUT2D eigenvalue weighted by atomic mass is 10.2. The van der Waals surface area contributed by atoms with Crippen LogP contribution in [-0.4, -0.2) is 23.1 Å². The molecule has 0 saturated carbocycles. The Balaban J connectivity index is 2.17. The van der Waals surface area contributed by atoms with Crippen LogP contribution < -0.4 is 9.19 Å². The zero-order valence-corrected chi connectivity index (χ0v) is 10.9. The molecule has 5 heteroatoms. The summed E-state index contributed by atoms with van der Waals surface area (Å²) < 4.78 is 4.73. The average Bonchev–Trinajstić information content (AvgIpc) is 2.90. The standard InChI is InChI=1S/C13H14ClN3O/c1-9-15-12-8-10(18-14)4-5-11(12)13(16-9)17-6-2-3-7-17/h4-5,8H,2-3,6-7H2,1H3. The number of hydrogen-bond donors (Lipinski definition) is 0. The SMILES string of the molecule is Cc1nc(N2CCCC2)c2ccc(OCl)cc2n1. The fourth-order valence-corrected chi connectivity index (χ4v) is 2.52. The largest absolute Gasteiger partial charge is 0.386 e. The van der Waals surface area contributed by atoms with Gasteiger partial charge in [0.1, 0.15) is 29.3 Å². The van der Waals surface area contributed by atoms with E-state index in [2.05, 4.69) is 14.9 Å². The van der Waals surface area contributed by atoms with Crippen molar-refractivity contribution in [3.8, 4) is 5.75 Å². The van der Waals surface area contributed by atoms with Gasteiger partial charge in [0, 0.05) is 24.5 Å². The van der Waals surface area contributed by atoms with Crippen LogP contribution in [0.25, 0.3) is 10.9 Å². The average molecular weight is 264 g/mol. The minimum absolute atomic E-state index is 0.606. The molecule has 18 heavy (non-hydrogen) atoms. The van der Waals surface area contributed by atoms with Crippen LogP contribution in [0.1, 0.15) is 18.7 Å². The topological polar surface area (TPSA) is 38.2 Å². The van der Waals surface area contributed by atoms with E-state index in [0.29, 0.717) is 5.75 Å². The quantitative estimate of drug-likeness (QED) is 0.835. The van der Waals surface area contributed by atoms with E-state index in [0.717, 1.165) is 35.6 Å². The fourth-order valence-electron chi connectivity index (χ4n) is 2.42. The molecule has 0 spiro atoms. The molecule has 2 heterocycles. The smallest absolute Gasteiger partial charge is 0.148 e. The lowest BCUT2D eigenvalue weighted by Crippen LogP contribution is -2.20. The minimum Gasteiger partial charge on any atom is -0.386 e. The first-order valence-corrected chi connectivity index (χ1v) is 6.41. The van der Waals surface area contributed by atoms with Crippen molar-refractivity contribution in [3.63, 3.8) is 0 Å². The molecule has 3 rings (SSSR count). The fraction of sp³-hybridized carbons (Fsp3) is 0.385. The molecule has 1 saturated heterocycles. The molecular formula is C13H14ClN3O. The van der Waals surface area contributed by atoms with Crippen molar-refractivity contribution in [2.75, 3.05) is 18.0 Å². The van der Waals surface area contributed by atoms with Crippen LogP contribution in [0.5, 0.6) is 5.75 Å². The highest BCUT2D eigenvalue weighted by atomic mass is 35.5. The molecule has 1 aromatic heterocycles. The van der Waals surface area contributed by atoms with Crippen molar-refractivity contribution in [3.05, 3.63) is 24.0 Å². The number of anilines is 1. The van der Waals surface area contributed by atoms with Gasteiger partial charge < -0.3 is 9.19 Å². The highest BCUT2D eigenvalue weighted by molar-refractivity contribution is 6.09. The number of nitrogens with zero attached hydrogens (tertiary/aromatic N) is 3. The zero-order chi connectivity index (χ0) is 12.5. The van der Waals surface area contributed by atoms with Crippen LogP contribution in [0.2, 0.25) is 0 Å². The molecule has 2 aromatic rings. The van der Waals surface area contributed by atoms with E-state index >= 15 is 0 Å². The van der Waals surface area contributed by atoms with Gasteiger partial charge in [0.25, 0.3) is 0 Å². The Morgan fingerprint density at radius 2 is 2.00 bits per heavy atom. The summed E-state index contributed by atoms with van der Waals surface area (Å²) in [5.74, 6) is 2.40. The molecule has 0 bridgehead atoms. The van der Waals surface area contributed by atoms with Gasteiger partial charge in [0.05, 0.1) is 5.52 Å². The van der Waals surface area contributed by atoms with Gasteiger partial charge in [0.2, 0.25) is 0 Å². The second-order valence-corrected chi connectivity index (χ2v) is 4.70. The van der Waals surface area contributed by atoms with E-state index in [9.17, 15) is 0 Å². The molecule has 1 aliphatic heterocycles. The summed E-state index contributed by atoms with van der Waals surface area (Å²) in [5, 5.41) is 1.06. The molecule has 0 atom stereocenters. The summed E-state index contributed by atoms with van der Waals surface area (Å²) in [6.07, 6.45) is 2.46. The van der Waals surface area contributed by atoms with E-state index in [1.54, 1.807) is 0 Å². The third-order valence-electron chi connectivity index (χ3n) is 3.25. The number of aryl methyl sites for hydroxylation is 1. The molecule has 4 nitrogen and oxygen atoms in total. The second kappa shape index (κ2) is 4.61. The predicted octanol–water partition coefficient (Wildman–Crippen LogP) is 3.07. The highest BCUT2D eigenvalue weighted by Crippen LogP contribution is 2.29. The summed E-state index contributed by atoms with van der Waals surface area (Å²) in [7, 11) is 0. The molecule has 0 aliphatic carbocycles. The van der Waals surface area contributed by atoms with Gasteiger partial charge in [-0.15, -0.1) is 0 Å². The maximum atomic E-state index is 5.38. The normalized spacial score (nSPS) is 15.3. The van der Waals surface area contributed by atoms with Gasteiger partial charge in [-0.2, -0.15) is 0 Å². The van der Waals surface area contributed by atoms with Crippen molar-refractivity contribution in [2.24, 2.45) is 0 Å². The van der Waals surface area contributed by atoms with E-state index in [1.807, 2.05) is 25.1 Å². The summed E-state index contributed by atoms with van der Waals surface area (Å²) in [5.41, 5.74) is 0.877. The number of hydrogen-bond acceptors (Lipinski definition) is 4. The van der Waals surface area contributed by atoms with Crippen LogP contribution in [-0.2, 0) is 0 Å². The van der Waals surface area contributed by atoms with E-state index in [4.69, 9.17) is 16.2 Å². The molecular weight excluding hydrogens is 250 g/mol. The number of halogens is 1. The maximum absolute atomic E-state index is 5.38. The Bertz CT molecular complexity index is 582. The Hall–Kier alpha value is -1.55. The Labute approximate surface area is 111 Å². The monoisotopic (exact) mass is 263 g/mol. The molecule has 1 aromatic carbocycles. The molecule has 1 fully saturated rings. The van der Waals surface area contributed by atoms with Crippen LogP contribution >= 0.6 is 11.9 Å². The van der Waals surface area contributed by atoms with Gasteiger partial charge in [-0.1, -0.05) is 0 Å². The van der Waals surface area contributed by atoms with Crippen LogP contribution in [0.4, 0.5) is 5.82 Å². The van der Waals surface area contributed by atoms with E-state index in [1.165, 1.54) is 12.8 Å². The second-order valence-electron chi connectivity index (χ2n) is 4.54. The lowest BCUT2D eigenvalue weighted by molar-refractivity contribution is 0.620. The van der Waals surface area contributed by atoms with Crippen molar-refractivity contribution in [2.45, 2.75) is 19.8 Å². The van der Waals surface area contributed by atoms with Crippen molar-refractivity contribution in [1.29, 1.82) is 0 Å². The number of aromatic nitrogens is 2. The first-order chi connectivity index (χ1) is 8.78. The molecule has 1 aliphatic rings. The zero-order valence-electron chi connectivity index (χ0n) is 10.2. The Morgan fingerprint density at radius 3 is 2.72 bits per heavy atom. The van der Waals surface area contributed by atoms with Crippen LogP contribution in [0.3, 0.4) is 0 Å². The number of rotatable bonds is 2. The van der Waals surface area contributed by atoms with E-state index in [-0.39, 0.29) is 0 Å². The summed E-state index contributed by atoms with van der Waals surface area (Å²) in [4.78, 5) is 11.3. The van der Waals surface area contributed by atoms with Gasteiger partial charge in [-0.25, -0.2) is 9.97 Å². The summed E-state index contributed by atoms with van der Waals surface area (Å²) in [6, 6.07) is 5.66. The number of benzene rings is 1. The van der Waals surface area contributed by atoms with Crippen molar-refractivity contribution in [1.82, 2.24) is 9.97 Å². The third kappa shape index (κ3) is 1.97. The number of fused-ring (bicyclic) bond motifs is 1. The van der Waals surface area contributed by atoms with Gasteiger partial charge in [-0.05, 0) is 31.9 Å². The molecule has 0 N–H and O–H groups in total. The highest BCUT2D eigenvalue weighted by Gasteiger charge is 2.17. The first-order valence-electron chi connectivity index (χ1n) is 6.10. The van der Waals surface area contributed by atoms with Crippen LogP contribution in [0.15, 0.2) is 18.2 Å². The summed E-state index contributed by atoms with van der Waals surface area (Å²) >= 11 is 5.38. The molecule has 94 valence electrons.